The van der Waals surface area contributed by atoms with Crippen LogP contribution in [0.5, 0.6) is 11.5 Å². The van der Waals surface area contributed by atoms with Crippen LogP contribution in [-0.4, -0.2) is 35.0 Å². The average molecular weight is 465 g/mol. The third-order valence-corrected chi connectivity index (χ3v) is 5.75. The van der Waals surface area contributed by atoms with Crippen LogP contribution in [0, 0.1) is 13.8 Å². The topological polar surface area (TPSA) is 102 Å². The molecular weight excluding hydrogens is 440 g/mol. The van der Waals surface area contributed by atoms with Crippen molar-refractivity contribution in [2.45, 2.75) is 31.2 Å². The minimum atomic E-state index is -0.387. The van der Waals surface area contributed by atoms with Crippen molar-refractivity contribution in [2.75, 3.05) is 13.2 Å². The molecule has 1 aromatic heterocycles. The molecule has 0 aliphatic carbocycles. The van der Waals surface area contributed by atoms with Crippen LogP contribution in [0.2, 0.25) is 0 Å². The fourth-order valence-electron chi connectivity index (χ4n) is 3.28. The Bertz CT molecular complexity index is 1150. The molecule has 1 aliphatic heterocycles. The van der Waals surface area contributed by atoms with Gasteiger partial charge in [0.25, 0.3) is 5.91 Å². The van der Waals surface area contributed by atoms with E-state index in [0.29, 0.717) is 36.0 Å². The number of hydrazine groups is 1. The van der Waals surface area contributed by atoms with Crippen LogP contribution < -0.4 is 20.3 Å². The zero-order valence-corrected chi connectivity index (χ0v) is 19.2. The van der Waals surface area contributed by atoms with Crippen LogP contribution >= 0.6 is 11.8 Å². The highest BCUT2D eigenvalue weighted by Gasteiger charge is 2.14. The molecule has 4 rings (SSSR count). The van der Waals surface area contributed by atoms with Crippen LogP contribution in [0.1, 0.15) is 32.9 Å². The molecule has 33 heavy (non-hydrogen) atoms. The average Bonchev–Trinajstić information content (AvgIpc) is 2.81. The van der Waals surface area contributed by atoms with Crippen molar-refractivity contribution in [1.82, 2.24) is 20.8 Å². The summed E-state index contributed by atoms with van der Waals surface area (Å²) in [5, 5.41) is 0.732. The van der Waals surface area contributed by atoms with Crippen LogP contribution in [0.4, 0.5) is 0 Å². The van der Waals surface area contributed by atoms with Gasteiger partial charge in [0.15, 0.2) is 16.7 Å². The summed E-state index contributed by atoms with van der Waals surface area (Å²) in [5.41, 5.74) is 9.04. The van der Waals surface area contributed by atoms with Crippen LogP contribution in [-0.2, 0) is 17.0 Å². The second-order valence-electron chi connectivity index (χ2n) is 7.58. The molecule has 0 atom stereocenters. The molecular formula is C24H24N4O4S. The van der Waals surface area contributed by atoms with Gasteiger partial charge in [-0.25, -0.2) is 9.97 Å². The molecule has 8 nitrogen and oxygen atoms in total. The molecule has 0 saturated carbocycles. The standard InChI is InChI=1S/C24H24N4O4S/c1-15-11-16(2)26-24(25-15)33-14-17-3-6-19(7-4-17)23(30)28-27-22(29)13-18-5-8-20-21(12-18)32-10-9-31-20/h3-8,11-12H,9-10,13-14H2,1-2H3,(H,27,29)(H,28,30). The Morgan fingerprint density at radius 1 is 0.879 bits per heavy atom. The second kappa shape index (κ2) is 10.4. The minimum Gasteiger partial charge on any atom is -0.486 e. The maximum Gasteiger partial charge on any atom is 0.269 e. The Morgan fingerprint density at radius 3 is 2.27 bits per heavy atom. The van der Waals surface area contributed by atoms with E-state index in [1.165, 1.54) is 0 Å². The van der Waals surface area contributed by atoms with Crippen molar-refractivity contribution in [3.05, 3.63) is 76.6 Å². The van der Waals surface area contributed by atoms with Gasteiger partial charge in [0.05, 0.1) is 6.42 Å². The van der Waals surface area contributed by atoms with Crippen LogP contribution in [0.15, 0.2) is 53.7 Å². The van der Waals surface area contributed by atoms with E-state index in [1.807, 2.05) is 32.0 Å². The lowest BCUT2D eigenvalue weighted by Gasteiger charge is -2.18. The number of nitrogens with zero attached hydrogens (tertiary/aromatic N) is 2. The molecule has 0 saturated heterocycles. The van der Waals surface area contributed by atoms with E-state index in [4.69, 9.17) is 9.47 Å². The molecule has 0 fully saturated rings. The first-order chi connectivity index (χ1) is 16.0. The van der Waals surface area contributed by atoms with Crippen molar-refractivity contribution >= 4 is 23.6 Å². The van der Waals surface area contributed by atoms with Gasteiger partial charge in [0.1, 0.15) is 13.2 Å². The molecule has 170 valence electrons. The number of aromatic nitrogens is 2. The summed E-state index contributed by atoms with van der Waals surface area (Å²) in [7, 11) is 0. The number of fused-ring (bicyclic) bond motifs is 1. The molecule has 0 bridgehead atoms. The second-order valence-corrected chi connectivity index (χ2v) is 8.52. The van der Waals surface area contributed by atoms with Gasteiger partial charge in [-0.3, -0.25) is 20.4 Å². The lowest BCUT2D eigenvalue weighted by molar-refractivity contribution is -0.121. The lowest BCUT2D eigenvalue weighted by atomic mass is 10.1. The minimum absolute atomic E-state index is 0.105. The molecule has 2 heterocycles. The highest BCUT2D eigenvalue weighted by atomic mass is 32.2. The Hall–Kier alpha value is -3.59. The maximum absolute atomic E-state index is 12.4. The van der Waals surface area contributed by atoms with E-state index in [0.717, 1.165) is 27.7 Å². The largest absolute Gasteiger partial charge is 0.486 e. The number of hydrogen-bond acceptors (Lipinski definition) is 7. The lowest BCUT2D eigenvalue weighted by Crippen LogP contribution is -2.42. The summed E-state index contributed by atoms with van der Waals surface area (Å²) in [6, 6.07) is 14.5. The van der Waals surface area contributed by atoms with E-state index >= 15 is 0 Å². The molecule has 0 radical (unpaired) electrons. The fourth-order valence-corrected chi connectivity index (χ4v) is 4.19. The number of nitrogens with one attached hydrogen (secondary N) is 2. The first kappa shape index (κ1) is 22.6. The van der Waals surface area contributed by atoms with Gasteiger partial charge in [-0.15, -0.1) is 0 Å². The van der Waals surface area contributed by atoms with E-state index in [-0.39, 0.29) is 18.2 Å². The molecule has 0 spiro atoms. The summed E-state index contributed by atoms with van der Waals surface area (Å²) in [4.78, 5) is 33.4. The molecule has 3 aromatic rings. The number of carbonyl (C=O) groups excluding carboxylic acids is 2. The normalized spacial score (nSPS) is 12.2. The summed E-state index contributed by atoms with van der Waals surface area (Å²) >= 11 is 1.54. The number of amides is 2. The van der Waals surface area contributed by atoms with Crippen molar-refractivity contribution < 1.29 is 19.1 Å². The van der Waals surface area contributed by atoms with Crippen molar-refractivity contribution in [3.63, 3.8) is 0 Å². The number of ether oxygens (including phenoxy) is 2. The summed E-state index contributed by atoms with van der Waals surface area (Å²) in [6.45, 7) is 4.89. The maximum atomic E-state index is 12.4. The van der Waals surface area contributed by atoms with Gasteiger partial charge >= 0.3 is 0 Å². The zero-order valence-electron chi connectivity index (χ0n) is 18.4. The highest BCUT2D eigenvalue weighted by molar-refractivity contribution is 7.98. The number of aryl methyl sites for hydroxylation is 2. The fraction of sp³-hybridized carbons (Fsp3) is 0.250. The van der Waals surface area contributed by atoms with Gasteiger partial charge in [-0.2, -0.15) is 0 Å². The zero-order chi connectivity index (χ0) is 23.2. The Kier molecular flexibility index (Phi) is 7.09. The Balaban J connectivity index is 1.25. The molecule has 0 unspecified atom stereocenters. The first-order valence-corrected chi connectivity index (χ1v) is 11.5. The van der Waals surface area contributed by atoms with E-state index in [1.54, 1.807) is 42.1 Å². The number of benzene rings is 2. The van der Waals surface area contributed by atoms with Gasteiger partial charge in [-0.1, -0.05) is 30.0 Å². The third kappa shape index (κ3) is 6.23. The summed E-state index contributed by atoms with van der Waals surface area (Å²) in [6.07, 6.45) is 0.105. The number of rotatable bonds is 6. The molecule has 2 amide bonds. The molecule has 2 aromatic carbocycles. The first-order valence-electron chi connectivity index (χ1n) is 10.5. The molecule has 9 heteroatoms. The van der Waals surface area contributed by atoms with Crippen molar-refractivity contribution in [3.8, 4) is 11.5 Å². The van der Waals surface area contributed by atoms with Crippen molar-refractivity contribution in [2.24, 2.45) is 0 Å². The summed E-state index contributed by atoms with van der Waals surface area (Å²) in [5.74, 6) is 1.26. The molecule has 2 N–H and O–H groups in total. The number of hydrogen-bond donors (Lipinski definition) is 2. The van der Waals surface area contributed by atoms with Gasteiger partial charge < -0.3 is 9.47 Å². The number of thioether (sulfide) groups is 1. The summed E-state index contributed by atoms with van der Waals surface area (Å²) < 4.78 is 11.0. The van der Waals surface area contributed by atoms with Crippen molar-refractivity contribution in [1.29, 1.82) is 0 Å². The van der Waals surface area contributed by atoms with E-state index in [2.05, 4.69) is 20.8 Å². The quantitative estimate of drug-likeness (QED) is 0.328. The van der Waals surface area contributed by atoms with E-state index < -0.39 is 0 Å². The molecule has 1 aliphatic rings. The predicted octanol–water partition coefficient (Wildman–Crippen LogP) is 3.16. The van der Waals surface area contributed by atoms with Crippen LogP contribution in [0.3, 0.4) is 0 Å². The number of carbonyl (C=O) groups is 2. The third-order valence-electron chi connectivity index (χ3n) is 4.83. The monoisotopic (exact) mass is 464 g/mol. The highest BCUT2D eigenvalue weighted by Crippen LogP contribution is 2.30. The van der Waals surface area contributed by atoms with Gasteiger partial charge in [0.2, 0.25) is 5.91 Å². The smallest absolute Gasteiger partial charge is 0.269 e. The Labute approximate surface area is 196 Å². The Morgan fingerprint density at radius 2 is 1.55 bits per heavy atom. The van der Waals surface area contributed by atoms with E-state index in [9.17, 15) is 9.59 Å². The van der Waals surface area contributed by atoms with Gasteiger partial charge in [-0.05, 0) is 55.3 Å². The predicted molar refractivity (Wildman–Crippen MR) is 124 cm³/mol. The van der Waals surface area contributed by atoms with Crippen LogP contribution in [0.25, 0.3) is 0 Å². The SMILES string of the molecule is Cc1cc(C)nc(SCc2ccc(C(=O)NNC(=O)Cc3ccc4c(c3)OCCO4)cc2)n1. The van der Waals surface area contributed by atoms with Gasteiger partial charge in [0, 0.05) is 22.7 Å².